The summed E-state index contributed by atoms with van der Waals surface area (Å²) in [6, 6.07) is 0. The first-order valence-electron chi connectivity index (χ1n) is 4.87. The van der Waals surface area contributed by atoms with Crippen LogP contribution >= 0.6 is 0 Å². The molecule has 1 N–H and O–H groups in total. The lowest BCUT2D eigenvalue weighted by atomic mass is 10.1. The van der Waals surface area contributed by atoms with E-state index in [1.807, 2.05) is 0 Å². The molecule has 0 saturated carbocycles. The minimum atomic E-state index is -0.622. The molecule has 4 atom stereocenters. The van der Waals surface area contributed by atoms with Gasteiger partial charge in [0.1, 0.15) is 18.3 Å². The van der Waals surface area contributed by atoms with Crippen molar-refractivity contribution < 1.29 is 24.1 Å². The molecule has 0 radical (unpaired) electrons. The van der Waals surface area contributed by atoms with Crippen molar-refractivity contribution in [2.45, 2.75) is 31.3 Å². The van der Waals surface area contributed by atoms with Crippen LogP contribution in [0.1, 0.15) is 6.92 Å². The first-order chi connectivity index (χ1) is 7.09. The van der Waals surface area contributed by atoms with Crippen LogP contribution < -0.4 is 0 Å². The van der Waals surface area contributed by atoms with Crippen LogP contribution in [0.4, 0.5) is 0 Å². The van der Waals surface area contributed by atoms with Gasteiger partial charge < -0.3 is 19.3 Å². The van der Waals surface area contributed by atoms with E-state index in [4.69, 9.17) is 14.2 Å². The summed E-state index contributed by atoms with van der Waals surface area (Å²) < 4.78 is 15.7. The zero-order chi connectivity index (χ0) is 11.0. The number of carbonyl (C=O) groups excluding carboxylic acids is 1. The molecule has 2 aliphatic heterocycles. The number of hydrogen-bond acceptors (Lipinski definition) is 5. The van der Waals surface area contributed by atoms with Gasteiger partial charge in [-0.25, -0.2) is 4.79 Å². The van der Waals surface area contributed by atoms with Crippen molar-refractivity contribution in [3.05, 3.63) is 12.2 Å². The van der Waals surface area contributed by atoms with Crippen LogP contribution in [0.15, 0.2) is 12.2 Å². The third kappa shape index (κ3) is 1.90. The van der Waals surface area contributed by atoms with E-state index in [1.54, 1.807) is 6.92 Å². The fourth-order valence-electron chi connectivity index (χ4n) is 1.78. The van der Waals surface area contributed by atoms with Crippen molar-refractivity contribution in [2.24, 2.45) is 0 Å². The van der Waals surface area contributed by atoms with Gasteiger partial charge in [-0.1, -0.05) is 6.58 Å². The summed E-state index contributed by atoms with van der Waals surface area (Å²) in [5.74, 6) is -0.450. The molecule has 0 aromatic rings. The van der Waals surface area contributed by atoms with E-state index in [1.165, 1.54) is 0 Å². The maximum atomic E-state index is 11.3. The molecule has 0 bridgehead atoms. The summed E-state index contributed by atoms with van der Waals surface area (Å²) in [7, 11) is 0. The summed E-state index contributed by atoms with van der Waals surface area (Å²) in [6.07, 6.45) is -1.77. The number of ether oxygens (including phenoxy) is 3. The number of aliphatic hydroxyl groups is 1. The first-order valence-corrected chi connectivity index (χ1v) is 4.87. The number of esters is 1. The summed E-state index contributed by atoms with van der Waals surface area (Å²) in [5, 5.41) is 9.45. The second-order valence-corrected chi connectivity index (χ2v) is 3.89. The van der Waals surface area contributed by atoms with E-state index in [2.05, 4.69) is 6.58 Å². The number of carbonyl (C=O) groups is 1. The van der Waals surface area contributed by atoms with Crippen LogP contribution in [0, 0.1) is 0 Å². The van der Waals surface area contributed by atoms with Gasteiger partial charge in [0.15, 0.2) is 6.10 Å². The van der Waals surface area contributed by atoms with Gasteiger partial charge >= 0.3 is 5.97 Å². The van der Waals surface area contributed by atoms with E-state index in [0.717, 1.165) is 0 Å². The Balaban J connectivity index is 1.95. The fraction of sp³-hybridized carbons (Fsp3) is 0.700. The number of aliphatic hydroxyl groups excluding tert-OH is 1. The van der Waals surface area contributed by atoms with Crippen LogP contribution in [0.2, 0.25) is 0 Å². The highest BCUT2D eigenvalue weighted by Gasteiger charge is 2.48. The molecular formula is C10H14O5. The van der Waals surface area contributed by atoms with Crippen molar-refractivity contribution in [2.75, 3.05) is 13.2 Å². The van der Waals surface area contributed by atoms with E-state index < -0.39 is 18.2 Å². The van der Waals surface area contributed by atoms with Crippen LogP contribution in [-0.4, -0.2) is 48.7 Å². The molecular weight excluding hydrogens is 200 g/mol. The largest absolute Gasteiger partial charge is 0.454 e. The fourth-order valence-corrected chi connectivity index (χ4v) is 1.78. The number of rotatable bonds is 2. The molecule has 0 aromatic heterocycles. The molecule has 2 saturated heterocycles. The predicted octanol–water partition coefficient (Wildman–Crippen LogP) is -0.367. The van der Waals surface area contributed by atoms with Crippen LogP contribution in [0.3, 0.4) is 0 Å². The maximum absolute atomic E-state index is 11.3. The molecule has 0 spiro atoms. The van der Waals surface area contributed by atoms with Gasteiger partial charge in [0, 0.05) is 5.57 Å². The van der Waals surface area contributed by atoms with Crippen LogP contribution in [-0.2, 0) is 19.0 Å². The Hall–Kier alpha value is -0.910. The van der Waals surface area contributed by atoms with Crippen molar-refractivity contribution in [3.63, 3.8) is 0 Å². The topological polar surface area (TPSA) is 65.0 Å². The molecule has 2 rings (SSSR count). The Morgan fingerprint density at radius 2 is 2.07 bits per heavy atom. The van der Waals surface area contributed by atoms with Gasteiger partial charge in [-0.15, -0.1) is 0 Å². The highest BCUT2D eigenvalue weighted by atomic mass is 16.6. The molecule has 2 heterocycles. The number of fused-ring (bicyclic) bond motifs is 1. The van der Waals surface area contributed by atoms with Gasteiger partial charge in [-0.3, -0.25) is 0 Å². The highest BCUT2D eigenvalue weighted by molar-refractivity contribution is 5.87. The molecule has 84 valence electrons. The Morgan fingerprint density at radius 3 is 2.73 bits per heavy atom. The lowest BCUT2D eigenvalue weighted by Crippen LogP contribution is -2.34. The lowest BCUT2D eigenvalue weighted by molar-refractivity contribution is -0.148. The maximum Gasteiger partial charge on any atom is 0.333 e. The Morgan fingerprint density at radius 1 is 1.40 bits per heavy atom. The second-order valence-electron chi connectivity index (χ2n) is 3.89. The molecule has 15 heavy (non-hydrogen) atoms. The zero-order valence-corrected chi connectivity index (χ0v) is 8.51. The summed E-state index contributed by atoms with van der Waals surface area (Å²) >= 11 is 0. The third-order valence-corrected chi connectivity index (χ3v) is 2.59. The molecule has 0 aliphatic carbocycles. The van der Waals surface area contributed by atoms with Gasteiger partial charge in [0.25, 0.3) is 0 Å². The molecule has 0 aromatic carbocycles. The van der Waals surface area contributed by atoms with Gasteiger partial charge in [0.05, 0.1) is 13.2 Å². The number of hydrogen-bond donors (Lipinski definition) is 1. The molecule has 5 nitrogen and oxygen atoms in total. The van der Waals surface area contributed by atoms with Gasteiger partial charge in [0.2, 0.25) is 0 Å². The molecule has 5 heteroatoms. The monoisotopic (exact) mass is 214 g/mol. The van der Waals surface area contributed by atoms with E-state index in [0.29, 0.717) is 5.57 Å². The average Bonchev–Trinajstić information content (AvgIpc) is 2.71. The standard InChI is InChI=1S/C10H14O5/c1-5(2)10(12)15-7-4-14-8-6(11)3-13-9(7)8/h6-9,11H,1,3-4H2,2H3/t6-,7+,8-,9-/m1/s1. The van der Waals surface area contributed by atoms with Crippen molar-refractivity contribution in [3.8, 4) is 0 Å². The van der Waals surface area contributed by atoms with Crippen LogP contribution in [0.25, 0.3) is 0 Å². The molecule has 2 aliphatic rings. The minimum absolute atomic E-state index is 0.233. The van der Waals surface area contributed by atoms with Crippen molar-refractivity contribution in [1.29, 1.82) is 0 Å². The highest BCUT2D eigenvalue weighted by Crippen LogP contribution is 2.28. The van der Waals surface area contributed by atoms with Crippen LogP contribution in [0.5, 0.6) is 0 Å². The first kappa shape index (κ1) is 10.6. The van der Waals surface area contributed by atoms with Crippen molar-refractivity contribution in [1.82, 2.24) is 0 Å². The smallest absolute Gasteiger partial charge is 0.333 e. The lowest BCUT2D eigenvalue weighted by Gasteiger charge is -2.16. The average molecular weight is 214 g/mol. The minimum Gasteiger partial charge on any atom is -0.454 e. The van der Waals surface area contributed by atoms with Crippen molar-refractivity contribution >= 4 is 5.97 Å². The van der Waals surface area contributed by atoms with Gasteiger partial charge in [-0.2, -0.15) is 0 Å². The normalized spacial score (nSPS) is 38.8. The predicted molar refractivity (Wildman–Crippen MR) is 50.2 cm³/mol. The molecule has 2 fully saturated rings. The van der Waals surface area contributed by atoms with E-state index in [9.17, 15) is 9.90 Å². The Bertz CT molecular complexity index is 288. The summed E-state index contributed by atoms with van der Waals surface area (Å²) in [4.78, 5) is 11.3. The summed E-state index contributed by atoms with van der Waals surface area (Å²) in [6.45, 7) is 5.58. The Kier molecular flexibility index (Phi) is 2.77. The molecule has 0 unspecified atom stereocenters. The molecule has 0 amide bonds. The Labute approximate surface area is 87.6 Å². The second kappa shape index (κ2) is 3.92. The third-order valence-electron chi connectivity index (χ3n) is 2.59. The van der Waals surface area contributed by atoms with E-state index >= 15 is 0 Å². The zero-order valence-electron chi connectivity index (χ0n) is 8.51. The summed E-state index contributed by atoms with van der Waals surface area (Å²) in [5.41, 5.74) is 0.344. The SMILES string of the molecule is C=C(C)C(=O)O[C@H]1CO[C@H]2[C@@H]1OC[C@H]2O. The quantitative estimate of drug-likeness (QED) is 0.502. The van der Waals surface area contributed by atoms with E-state index in [-0.39, 0.29) is 25.4 Å². The van der Waals surface area contributed by atoms with Gasteiger partial charge in [-0.05, 0) is 6.92 Å².